The number of hydrogen-bond donors (Lipinski definition) is 0. The lowest BCUT2D eigenvalue weighted by Crippen LogP contribution is -2.22. The van der Waals surface area contributed by atoms with Crippen LogP contribution in [-0.4, -0.2) is 72.0 Å². The van der Waals surface area contributed by atoms with E-state index < -0.39 is 0 Å². The van der Waals surface area contributed by atoms with Crippen LogP contribution in [0.15, 0.2) is 315 Å². The van der Waals surface area contributed by atoms with Gasteiger partial charge in [-0.15, -0.1) is 0 Å². The zero-order valence-corrected chi connectivity index (χ0v) is 93.1. The van der Waals surface area contributed by atoms with E-state index in [-0.39, 0.29) is 0 Å². The molecule has 140 heavy (non-hydrogen) atoms. The zero-order chi connectivity index (χ0) is 103. The number of rotatable bonds is 16. The summed E-state index contributed by atoms with van der Waals surface area (Å²) in [4.78, 5) is 9.89. The maximum absolute atomic E-state index is 2.48. The van der Waals surface area contributed by atoms with E-state index in [1.165, 1.54) is 199 Å². The molecule has 0 bridgehead atoms. The summed E-state index contributed by atoms with van der Waals surface area (Å²) in [6.07, 6.45) is 3.93. The van der Waals surface area contributed by atoms with Crippen molar-refractivity contribution in [2.45, 2.75) is 273 Å². The van der Waals surface area contributed by atoms with Crippen LogP contribution < -0.4 is 0 Å². The van der Waals surface area contributed by atoms with Crippen LogP contribution in [0, 0.1) is 0 Å². The molecule has 0 amide bonds. The van der Waals surface area contributed by atoms with Gasteiger partial charge in [0.2, 0.25) is 0 Å². The fraction of sp³-hybridized carbons (Fsp3) is 0.353. The molecule has 20 rings (SSSR count). The largest absolute Gasteiger partial charge is 0.300 e. The minimum atomic E-state index is 0.982. The first-order valence-corrected chi connectivity index (χ1v) is 54.9. The molecular formula is C136H180N4. The standard InChI is InChI=1S/4C28H27N.12C2H6/c1-3-29(4-2)19-20-13-14-21-18-28-24(17-23(21)15-20)16-22-9-5-6-10-25(22)26-11-7-8-12-27(26)28;1-3-29(4-2)19-20-13-14-21-16-24-17-22-9-5-6-10-25(22)26-11-7-8-12-27(26)28(24)18-23(21)15-20;1-3-29(4-2)19-20-13-14-23-17-24-16-21-9-5-6-10-22(21)18-28(24)26-12-8-7-11-25(26)27(23)15-20;1-3-29(4-2)19-20-13-14-26-27-18-22-10-6-5-9-21(22)16-24(27)17-23-11-7-8-12-25(23)28(26)15-20;12*1-2/h5-15,17-18H,3-4,16,19H2,1-2H3;3*5-16,18H,3-4,17,19H2,1-2H3;12*1-2H3. The molecule has 4 nitrogen and oxygen atoms in total. The summed E-state index contributed by atoms with van der Waals surface area (Å²) >= 11 is 0. The molecular weight excluding hydrogens is 1690 g/mol. The Morgan fingerprint density at radius 3 is 0.614 bits per heavy atom. The van der Waals surface area contributed by atoms with E-state index in [4.69, 9.17) is 0 Å². The Kier molecular flexibility index (Phi) is 55.5. The molecule has 0 atom stereocenters. The normalized spacial score (nSPS) is 10.8. The Balaban J connectivity index is 0.000000306. The van der Waals surface area contributed by atoms with Crippen LogP contribution in [0.5, 0.6) is 0 Å². The minimum Gasteiger partial charge on any atom is -0.300 e. The van der Waals surface area contributed by atoms with Gasteiger partial charge in [0.1, 0.15) is 0 Å². The highest BCUT2D eigenvalue weighted by molar-refractivity contribution is 6.00. The quantitative estimate of drug-likeness (QED) is 0.0956. The molecule has 16 aromatic carbocycles. The van der Waals surface area contributed by atoms with Crippen molar-refractivity contribution in [2.75, 3.05) is 52.4 Å². The highest BCUT2D eigenvalue weighted by Gasteiger charge is 2.26. The van der Waals surface area contributed by atoms with Gasteiger partial charge in [-0.2, -0.15) is 0 Å². The van der Waals surface area contributed by atoms with Crippen molar-refractivity contribution in [3.8, 4) is 89.0 Å². The van der Waals surface area contributed by atoms with Gasteiger partial charge >= 0.3 is 0 Å². The molecule has 0 unspecified atom stereocenters. The number of fused-ring (bicyclic) bond motifs is 24. The minimum absolute atomic E-state index is 0.982. The number of nitrogens with zero attached hydrogens (tertiary/aromatic N) is 4. The first-order valence-electron chi connectivity index (χ1n) is 54.9. The number of hydrogen-bond acceptors (Lipinski definition) is 4. The Bertz CT molecular complexity index is 6250. The van der Waals surface area contributed by atoms with Crippen molar-refractivity contribution in [1.29, 1.82) is 0 Å². The summed E-state index contributed by atoms with van der Waals surface area (Å²) in [7, 11) is 0. The molecule has 4 heteroatoms. The average Bonchev–Trinajstić information content (AvgIpc) is 1.63. The van der Waals surface area contributed by atoms with E-state index in [0.717, 1.165) is 104 Å². The fourth-order valence-electron chi connectivity index (χ4n) is 18.7. The van der Waals surface area contributed by atoms with Crippen molar-refractivity contribution in [3.63, 3.8) is 0 Å². The summed E-state index contributed by atoms with van der Waals surface area (Å²) in [5.74, 6) is 0. The predicted molar refractivity (Wildman–Crippen MR) is 633 cm³/mol. The molecule has 0 N–H and O–H groups in total. The van der Waals surface area contributed by atoms with Crippen LogP contribution in [0.4, 0.5) is 0 Å². The van der Waals surface area contributed by atoms with E-state index in [0.29, 0.717) is 0 Å². The van der Waals surface area contributed by atoms with E-state index in [1.54, 1.807) is 0 Å². The summed E-state index contributed by atoms with van der Waals surface area (Å²) in [6.45, 7) is 78.6. The highest BCUT2D eigenvalue weighted by atomic mass is 15.1. The Labute approximate surface area is 853 Å². The maximum Gasteiger partial charge on any atom is 0.0233 e. The molecule has 4 aliphatic carbocycles. The molecule has 0 saturated heterocycles. The van der Waals surface area contributed by atoms with Gasteiger partial charge in [-0.05, 0) is 325 Å². The first-order chi connectivity index (χ1) is 69.1. The van der Waals surface area contributed by atoms with Crippen LogP contribution in [0.3, 0.4) is 0 Å². The van der Waals surface area contributed by atoms with E-state index in [2.05, 4.69) is 390 Å². The lowest BCUT2D eigenvalue weighted by molar-refractivity contribution is 0.296. The van der Waals surface area contributed by atoms with E-state index in [9.17, 15) is 0 Å². The molecule has 0 fully saturated rings. The molecule has 0 radical (unpaired) electrons. The third kappa shape index (κ3) is 30.2. The third-order valence-electron chi connectivity index (χ3n) is 25.3. The van der Waals surface area contributed by atoms with E-state index in [1.807, 2.05) is 166 Å². The van der Waals surface area contributed by atoms with Crippen LogP contribution in [-0.2, 0) is 51.9 Å². The van der Waals surface area contributed by atoms with Gasteiger partial charge in [0.05, 0.1) is 0 Å². The van der Waals surface area contributed by atoms with E-state index >= 15 is 0 Å². The van der Waals surface area contributed by atoms with Gasteiger partial charge in [-0.1, -0.05) is 488 Å². The van der Waals surface area contributed by atoms with Gasteiger partial charge in [0, 0.05) is 26.2 Å². The summed E-state index contributed by atoms with van der Waals surface area (Å²) in [5.41, 5.74) is 38.8. The highest BCUT2D eigenvalue weighted by Crippen LogP contribution is 2.48. The molecule has 0 heterocycles. The molecule has 0 aliphatic heterocycles. The van der Waals surface area contributed by atoms with Gasteiger partial charge in [0.25, 0.3) is 0 Å². The smallest absolute Gasteiger partial charge is 0.0233 e. The Hall–Kier alpha value is -11.6. The summed E-state index contributed by atoms with van der Waals surface area (Å²) < 4.78 is 0. The SMILES string of the molecule is CC.CC.CC.CC.CC.CC.CC.CC.CC.CC.CC.CC.CCN(CC)Cc1ccc2c(c1)-c1ccccc1-c1cc3ccccc3cc1C2.CCN(CC)Cc1ccc2c(c1)-c1ccccc1Cc1cc3ccccc3cc1-2.CCN(CC)Cc1ccc2cc3c(cc2c1)-c1ccccc1-c1ccccc1C3.CCN(CC)Cc1ccc2cc3c(cc2c1)Cc1ccccc1-c1ccccc1-3. The van der Waals surface area contributed by atoms with Crippen LogP contribution >= 0.6 is 0 Å². The van der Waals surface area contributed by atoms with Crippen molar-refractivity contribution >= 4 is 43.1 Å². The van der Waals surface area contributed by atoms with Gasteiger partial charge in [0.15, 0.2) is 0 Å². The second-order valence-corrected chi connectivity index (χ2v) is 32.1. The van der Waals surface area contributed by atoms with Crippen molar-refractivity contribution in [1.82, 2.24) is 19.6 Å². The molecule has 4 aliphatic rings. The number of benzene rings is 16. The summed E-state index contributed by atoms with van der Waals surface area (Å²) in [5, 5.41) is 10.6. The van der Waals surface area contributed by atoms with Crippen LogP contribution in [0.1, 0.15) is 288 Å². The lowest BCUT2D eigenvalue weighted by atomic mass is 9.91. The Morgan fingerprint density at radius 1 is 0.136 bits per heavy atom. The Morgan fingerprint density at radius 2 is 0.314 bits per heavy atom. The first kappa shape index (κ1) is 119. The average molecular weight is 1870 g/mol. The predicted octanol–water partition coefficient (Wildman–Crippen LogP) is 40.0. The van der Waals surface area contributed by atoms with Crippen molar-refractivity contribution < 1.29 is 0 Å². The third-order valence-corrected chi connectivity index (χ3v) is 25.3. The second-order valence-electron chi connectivity index (χ2n) is 32.1. The molecule has 16 aromatic rings. The van der Waals surface area contributed by atoms with Gasteiger partial charge in [-0.25, -0.2) is 0 Å². The maximum atomic E-state index is 2.48. The molecule has 0 saturated carbocycles. The van der Waals surface area contributed by atoms with Crippen molar-refractivity contribution in [2.24, 2.45) is 0 Å². The lowest BCUT2D eigenvalue weighted by Gasteiger charge is -2.20. The zero-order valence-electron chi connectivity index (χ0n) is 93.1. The monoisotopic (exact) mass is 1870 g/mol. The van der Waals surface area contributed by atoms with Crippen molar-refractivity contribution in [3.05, 3.63) is 382 Å². The molecule has 0 spiro atoms. The second kappa shape index (κ2) is 65.4. The van der Waals surface area contributed by atoms with Crippen LogP contribution in [0.2, 0.25) is 0 Å². The summed E-state index contributed by atoms with van der Waals surface area (Å²) in [6, 6.07) is 118. The van der Waals surface area contributed by atoms with Gasteiger partial charge in [-0.3, -0.25) is 19.6 Å². The topological polar surface area (TPSA) is 13.0 Å². The van der Waals surface area contributed by atoms with Crippen LogP contribution in [0.25, 0.3) is 132 Å². The fourth-order valence-corrected chi connectivity index (χ4v) is 18.7. The molecule has 0 aromatic heterocycles. The van der Waals surface area contributed by atoms with Gasteiger partial charge < -0.3 is 0 Å². The molecule has 744 valence electrons.